The van der Waals surface area contributed by atoms with Gasteiger partial charge in [0.25, 0.3) is 0 Å². The third kappa shape index (κ3) is 2.44. The molecular formula is C9H12N6O. The molecule has 16 heavy (non-hydrogen) atoms. The second-order valence-electron chi connectivity index (χ2n) is 3.10. The summed E-state index contributed by atoms with van der Waals surface area (Å²) in [5.74, 6) is 2.42. The van der Waals surface area contributed by atoms with E-state index in [1.165, 1.54) is 0 Å². The molecule has 7 nitrogen and oxygen atoms in total. The molecule has 0 aliphatic rings. The molecule has 0 atom stereocenters. The highest BCUT2D eigenvalue weighted by Gasteiger charge is 2.02. The van der Waals surface area contributed by atoms with Crippen molar-refractivity contribution in [3.05, 3.63) is 24.0 Å². The van der Waals surface area contributed by atoms with Gasteiger partial charge in [0.15, 0.2) is 5.82 Å². The predicted octanol–water partition coefficient (Wildman–Crippen LogP) is 0.822. The quantitative estimate of drug-likeness (QED) is 0.788. The van der Waals surface area contributed by atoms with E-state index in [0.29, 0.717) is 30.0 Å². The van der Waals surface area contributed by atoms with Crippen LogP contribution < -0.4 is 10.6 Å². The average Bonchev–Trinajstić information content (AvgIpc) is 2.73. The lowest BCUT2D eigenvalue weighted by molar-refractivity contribution is 0.388. The van der Waals surface area contributed by atoms with Crippen molar-refractivity contribution >= 4 is 11.8 Å². The number of hydrogen-bond acceptors (Lipinski definition) is 7. The minimum Gasteiger partial charge on any atom is -0.362 e. The third-order valence-electron chi connectivity index (χ3n) is 1.88. The molecule has 0 spiro atoms. The molecule has 7 heteroatoms. The molecule has 84 valence electrons. The van der Waals surface area contributed by atoms with E-state index in [1.54, 1.807) is 26.2 Å². The van der Waals surface area contributed by atoms with Gasteiger partial charge < -0.3 is 15.2 Å². The molecule has 0 aliphatic heterocycles. The van der Waals surface area contributed by atoms with Crippen LogP contribution in [0.25, 0.3) is 0 Å². The highest BCUT2D eigenvalue weighted by Crippen LogP contribution is 2.06. The summed E-state index contributed by atoms with van der Waals surface area (Å²) in [4.78, 5) is 12.3. The Morgan fingerprint density at radius 3 is 2.94 bits per heavy atom. The Morgan fingerprint density at radius 1 is 1.38 bits per heavy atom. The van der Waals surface area contributed by atoms with Gasteiger partial charge in [-0.1, -0.05) is 5.16 Å². The third-order valence-corrected chi connectivity index (χ3v) is 1.88. The molecule has 0 saturated carbocycles. The van der Waals surface area contributed by atoms with Crippen molar-refractivity contribution in [3.8, 4) is 0 Å². The van der Waals surface area contributed by atoms with Gasteiger partial charge in [0.1, 0.15) is 5.82 Å². The number of aromatic nitrogens is 4. The first-order chi connectivity index (χ1) is 7.78. The largest absolute Gasteiger partial charge is 0.362 e. The van der Waals surface area contributed by atoms with Gasteiger partial charge in [-0.05, 0) is 6.07 Å². The van der Waals surface area contributed by atoms with Crippen molar-refractivity contribution in [1.82, 2.24) is 20.1 Å². The van der Waals surface area contributed by atoms with Gasteiger partial charge in [-0.25, -0.2) is 4.98 Å². The Hall–Kier alpha value is -2.18. The van der Waals surface area contributed by atoms with Crippen molar-refractivity contribution in [2.45, 2.75) is 13.5 Å². The molecule has 0 fully saturated rings. The highest BCUT2D eigenvalue weighted by molar-refractivity contribution is 5.39. The van der Waals surface area contributed by atoms with E-state index in [1.807, 2.05) is 0 Å². The Kier molecular flexibility index (Phi) is 2.95. The van der Waals surface area contributed by atoms with Crippen LogP contribution in [0, 0.1) is 6.92 Å². The van der Waals surface area contributed by atoms with Crippen LogP contribution in [0.2, 0.25) is 0 Å². The molecule has 0 bridgehead atoms. The van der Waals surface area contributed by atoms with Crippen LogP contribution in [0.4, 0.5) is 11.8 Å². The molecule has 0 radical (unpaired) electrons. The molecule has 2 aromatic heterocycles. The Morgan fingerprint density at radius 2 is 2.25 bits per heavy atom. The number of nitrogens with one attached hydrogen (secondary N) is 2. The van der Waals surface area contributed by atoms with Crippen molar-refractivity contribution in [1.29, 1.82) is 0 Å². The zero-order chi connectivity index (χ0) is 11.4. The van der Waals surface area contributed by atoms with E-state index >= 15 is 0 Å². The van der Waals surface area contributed by atoms with E-state index in [4.69, 9.17) is 4.52 Å². The Bertz CT molecular complexity index is 469. The molecule has 0 saturated heterocycles. The van der Waals surface area contributed by atoms with Crippen molar-refractivity contribution in [2.75, 3.05) is 17.7 Å². The minimum atomic E-state index is 0.470. The number of anilines is 2. The van der Waals surface area contributed by atoms with Crippen molar-refractivity contribution in [3.63, 3.8) is 0 Å². The summed E-state index contributed by atoms with van der Waals surface area (Å²) in [6.07, 6.45) is 1.67. The van der Waals surface area contributed by atoms with E-state index < -0.39 is 0 Å². The first kappa shape index (κ1) is 10.3. The summed E-state index contributed by atoms with van der Waals surface area (Å²) in [5.41, 5.74) is 0. The van der Waals surface area contributed by atoms with Crippen LogP contribution in [0.15, 0.2) is 16.8 Å². The zero-order valence-corrected chi connectivity index (χ0v) is 9.06. The van der Waals surface area contributed by atoms with Gasteiger partial charge in [0.2, 0.25) is 11.8 Å². The van der Waals surface area contributed by atoms with Gasteiger partial charge in [-0.2, -0.15) is 9.97 Å². The van der Waals surface area contributed by atoms with Gasteiger partial charge in [0.05, 0.1) is 6.54 Å². The standard InChI is InChI=1S/C9H12N6O/c1-6-13-8(15-16-6)5-12-7-3-4-11-9(10-2)14-7/h3-4H,5H2,1-2H3,(H2,10,11,12,14). The van der Waals surface area contributed by atoms with Gasteiger partial charge in [-0.15, -0.1) is 0 Å². The zero-order valence-electron chi connectivity index (χ0n) is 9.06. The van der Waals surface area contributed by atoms with Gasteiger partial charge in [-0.3, -0.25) is 0 Å². The molecule has 0 amide bonds. The van der Waals surface area contributed by atoms with Crippen LogP contribution >= 0.6 is 0 Å². The Balaban J connectivity index is 1.99. The van der Waals surface area contributed by atoms with Crippen LogP contribution in [0.1, 0.15) is 11.7 Å². The van der Waals surface area contributed by atoms with Crippen LogP contribution in [-0.2, 0) is 6.54 Å². The SMILES string of the molecule is CNc1nccc(NCc2noc(C)n2)n1. The van der Waals surface area contributed by atoms with E-state index in [-0.39, 0.29) is 0 Å². The summed E-state index contributed by atoms with van der Waals surface area (Å²) in [5, 5.41) is 9.70. The van der Waals surface area contributed by atoms with Gasteiger partial charge >= 0.3 is 0 Å². The van der Waals surface area contributed by atoms with Crippen LogP contribution in [0.3, 0.4) is 0 Å². The fourth-order valence-electron chi connectivity index (χ4n) is 1.16. The van der Waals surface area contributed by atoms with Crippen LogP contribution in [-0.4, -0.2) is 27.2 Å². The molecule has 2 N–H and O–H groups in total. The smallest absolute Gasteiger partial charge is 0.224 e. The summed E-state index contributed by atoms with van der Waals surface area (Å²) >= 11 is 0. The maximum absolute atomic E-state index is 4.85. The number of nitrogens with zero attached hydrogens (tertiary/aromatic N) is 4. The monoisotopic (exact) mass is 220 g/mol. The number of hydrogen-bond donors (Lipinski definition) is 2. The summed E-state index contributed by atoms with van der Waals surface area (Å²) in [7, 11) is 1.77. The van der Waals surface area contributed by atoms with Crippen LogP contribution in [0.5, 0.6) is 0 Å². The molecule has 2 heterocycles. The summed E-state index contributed by atoms with van der Waals surface area (Å²) < 4.78 is 4.85. The summed E-state index contributed by atoms with van der Waals surface area (Å²) in [6.45, 7) is 2.22. The fraction of sp³-hybridized carbons (Fsp3) is 0.333. The van der Waals surface area contributed by atoms with Gasteiger partial charge in [0, 0.05) is 20.2 Å². The highest BCUT2D eigenvalue weighted by atomic mass is 16.5. The van der Waals surface area contributed by atoms with E-state index in [9.17, 15) is 0 Å². The van der Waals surface area contributed by atoms with E-state index in [0.717, 1.165) is 0 Å². The lowest BCUT2D eigenvalue weighted by Crippen LogP contribution is -2.05. The topological polar surface area (TPSA) is 88.8 Å². The second kappa shape index (κ2) is 4.56. The first-order valence-corrected chi connectivity index (χ1v) is 4.82. The fourth-order valence-corrected chi connectivity index (χ4v) is 1.16. The van der Waals surface area contributed by atoms with E-state index in [2.05, 4.69) is 30.7 Å². The lowest BCUT2D eigenvalue weighted by Gasteiger charge is -2.03. The lowest BCUT2D eigenvalue weighted by atomic mass is 10.5. The first-order valence-electron chi connectivity index (χ1n) is 4.82. The minimum absolute atomic E-state index is 0.470. The Labute approximate surface area is 92.3 Å². The molecule has 0 aliphatic carbocycles. The maximum Gasteiger partial charge on any atom is 0.224 e. The number of aryl methyl sites for hydroxylation is 1. The average molecular weight is 220 g/mol. The predicted molar refractivity (Wildman–Crippen MR) is 57.9 cm³/mol. The maximum atomic E-state index is 4.85. The normalized spacial score (nSPS) is 10.1. The van der Waals surface area contributed by atoms with Crippen molar-refractivity contribution < 1.29 is 4.52 Å². The molecule has 2 aromatic rings. The molecule has 0 unspecified atom stereocenters. The molecular weight excluding hydrogens is 208 g/mol. The summed E-state index contributed by atoms with van der Waals surface area (Å²) in [6, 6.07) is 1.77. The number of rotatable bonds is 4. The molecule has 2 rings (SSSR count). The second-order valence-corrected chi connectivity index (χ2v) is 3.10. The van der Waals surface area contributed by atoms with Crippen molar-refractivity contribution in [2.24, 2.45) is 0 Å². The molecule has 0 aromatic carbocycles.